The van der Waals surface area contributed by atoms with E-state index in [4.69, 9.17) is 4.74 Å². The second-order valence-electron chi connectivity index (χ2n) is 5.82. The van der Waals surface area contributed by atoms with Crippen LogP contribution >= 0.6 is 0 Å². The van der Waals surface area contributed by atoms with Crippen LogP contribution in [0.3, 0.4) is 0 Å². The molecule has 0 fully saturated rings. The van der Waals surface area contributed by atoms with Crippen molar-refractivity contribution in [2.75, 3.05) is 0 Å². The van der Waals surface area contributed by atoms with Crippen molar-refractivity contribution in [3.05, 3.63) is 47.5 Å². The fraction of sp³-hybridized carbons (Fsp3) is 0.500. The molecule has 0 N–H and O–H groups in total. The lowest BCUT2D eigenvalue weighted by atomic mass is 9.80. The summed E-state index contributed by atoms with van der Waals surface area (Å²) in [5.74, 6) is 0.114. The maximum Gasteiger partial charge on any atom is 0.333 e. The molecule has 0 radical (unpaired) electrons. The number of ether oxygens (including phenoxy) is 1. The van der Waals surface area contributed by atoms with E-state index in [1.54, 1.807) is 6.92 Å². The number of carbonyl (C=O) groups excluding carboxylic acids is 1. The molecule has 20 heavy (non-hydrogen) atoms. The Morgan fingerprint density at radius 3 is 2.15 bits per heavy atom. The molecule has 2 rings (SSSR count). The van der Waals surface area contributed by atoms with Gasteiger partial charge in [-0.15, -0.1) is 0 Å². The highest BCUT2D eigenvalue weighted by Crippen LogP contribution is 2.40. The average Bonchev–Trinajstić information content (AvgIpc) is 2.88. The van der Waals surface area contributed by atoms with E-state index in [0.717, 1.165) is 25.7 Å². The van der Waals surface area contributed by atoms with Crippen LogP contribution < -0.4 is 0 Å². The van der Waals surface area contributed by atoms with Crippen LogP contribution in [0.1, 0.15) is 44.7 Å². The van der Waals surface area contributed by atoms with Gasteiger partial charge >= 0.3 is 5.97 Å². The first-order chi connectivity index (χ1) is 9.52. The number of benzene rings is 1. The fourth-order valence-electron chi connectivity index (χ4n) is 3.26. The minimum Gasteiger partial charge on any atom is -0.455 e. The third-order valence-corrected chi connectivity index (χ3v) is 4.64. The number of carbonyl (C=O) groups is 1. The van der Waals surface area contributed by atoms with E-state index in [1.165, 1.54) is 11.1 Å². The quantitative estimate of drug-likeness (QED) is 0.596. The summed E-state index contributed by atoms with van der Waals surface area (Å²) in [5, 5.41) is 0. The molecule has 0 bridgehead atoms. The number of rotatable bonds is 5. The van der Waals surface area contributed by atoms with Gasteiger partial charge in [-0.2, -0.15) is 0 Å². The molecule has 0 amide bonds. The third kappa shape index (κ3) is 2.65. The second kappa shape index (κ2) is 5.82. The molecule has 2 heteroatoms. The summed E-state index contributed by atoms with van der Waals surface area (Å²) in [5.41, 5.74) is 2.91. The number of hydrogen-bond acceptors (Lipinski definition) is 2. The summed E-state index contributed by atoms with van der Waals surface area (Å²) in [7, 11) is 0. The highest BCUT2D eigenvalue weighted by atomic mass is 16.6. The minimum absolute atomic E-state index is 0.260. The molecule has 1 aliphatic rings. The first-order valence-corrected chi connectivity index (χ1v) is 7.48. The predicted octanol–water partition coefficient (Wildman–Crippen LogP) is 4.08. The SMILES string of the molecule is C=C(C)C(=O)OC(CC)(CC)C1Cc2ccccc2C1. The Balaban J connectivity index is 2.22. The molecule has 1 aromatic carbocycles. The Hall–Kier alpha value is -1.57. The summed E-state index contributed by atoms with van der Waals surface area (Å²) in [6.45, 7) is 9.63. The van der Waals surface area contributed by atoms with Gasteiger partial charge in [0.25, 0.3) is 0 Å². The Morgan fingerprint density at radius 2 is 1.75 bits per heavy atom. The summed E-state index contributed by atoms with van der Waals surface area (Å²) in [4.78, 5) is 12.0. The summed E-state index contributed by atoms with van der Waals surface area (Å²) >= 11 is 0. The van der Waals surface area contributed by atoms with Crippen molar-refractivity contribution < 1.29 is 9.53 Å². The van der Waals surface area contributed by atoms with Crippen LogP contribution in [0.4, 0.5) is 0 Å². The van der Waals surface area contributed by atoms with Gasteiger partial charge in [0.1, 0.15) is 5.60 Å². The van der Waals surface area contributed by atoms with E-state index in [1.807, 2.05) is 0 Å². The lowest BCUT2D eigenvalue weighted by molar-refractivity contribution is -0.162. The van der Waals surface area contributed by atoms with Crippen molar-refractivity contribution in [1.82, 2.24) is 0 Å². The number of hydrogen-bond donors (Lipinski definition) is 0. The van der Waals surface area contributed by atoms with Crippen LogP contribution in [0.25, 0.3) is 0 Å². The van der Waals surface area contributed by atoms with Crippen molar-refractivity contribution in [1.29, 1.82) is 0 Å². The zero-order valence-corrected chi connectivity index (χ0v) is 12.7. The highest BCUT2D eigenvalue weighted by Gasteiger charge is 2.42. The van der Waals surface area contributed by atoms with Gasteiger partial charge in [0.2, 0.25) is 0 Å². The maximum atomic E-state index is 12.0. The normalized spacial score (nSPS) is 14.9. The lowest BCUT2D eigenvalue weighted by Crippen LogP contribution is -2.42. The predicted molar refractivity (Wildman–Crippen MR) is 81.6 cm³/mol. The van der Waals surface area contributed by atoms with Gasteiger partial charge < -0.3 is 4.74 Å². The third-order valence-electron chi connectivity index (χ3n) is 4.64. The lowest BCUT2D eigenvalue weighted by Gasteiger charge is -2.37. The Kier molecular flexibility index (Phi) is 4.32. The van der Waals surface area contributed by atoms with Crippen molar-refractivity contribution in [3.63, 3.8) is 0 Å². The van der Waals surface area contributed by atoms with Gasteiger partial charge in [-0.25, -0.2) is 4.79 Å². The summed E-state index contributed by atoms with van der Waals surface area (Å²) in [6.07, 6.45) is 3.70. The molecule has 0 aromatic heterocycles. The largest absolute Gasteiger partial charge is 0.455 e. The fourth-order valence-corrected chi connectivity index (χ4v) is 3.26. The van der Waals surface area contributed by atoms with E-state index in [2.05, 4.69) is 44.7 Å². The maximum absolute atomic E-state index is 12.0. The zero-order chi connectivity index (χ0) is 14.8. The molecular formula is C18H24O2. The van der Waals surface area contributed by atoms with Gasteiger partial charge in [0.05, 0.1) is 0 Å². The van der Waals surface area contributed by atoms with Gasteiger partial charge in [-0.05, 0) is 43.7 Å². The summed E-state index contributed by atoms with van der Waals surface area (Å²) < 4.78 is 5.87. The van der Waals surface area contributed by atoms with Gasteiger partial charge in [0.15, 0.2) is 0 Å². The summed E-state index contributed by atoms with van der Waals surface area (Å²) in [6, 6.07) is 8.54. The van der Waals surface area contributed by atoms with Crippen molar-refractivity contribution in [3.8, 4) is 0 Å². The smallest absolute Gasteiger partial charge is 0.333 e. The molecule has 0 unspecified atom stereocenters. The van der Waals surface area contributed by atoms with Gasteiger partial charge in [0, 0.05) is 11.5 Å². The van der Waals surface area contributed by atoms with Crippen molar-refractivity contribution in [2.24, 2.45) is 5.92 Å². The number of esters is 1. The molecule has 2 nitrogen and oxygen atoms in total. The minimum atomic E-state index is -0.366. The Bertz CT molecular complexity index is 487. The van der Waals surface area contributed by atoms with Crippen LogP contribution in [-0.4, -0.2) is 11.6 Å². The number of fused-ring (bicyclic) bond motifs is 1. The van der Waals surface area contributed by atoms with E-state index in [-0.39, 0.29) is 11.6 Å². The van der Waals surface area contributed by atoms with Gasteiger partial charge in [-0.1, -0.05) is 44.7 Å². The molecule has 0 atom stereocenters. The van der Waals surface area contributed by atoms with Crippen LogP contribution in [0, 0.1) is 5.92 Å². The second-order valence-corrected chi connectivity index (χ2v) is 5.82. The molecule has 0 saturated heterocycles. The van der Waals surface area contributed by atoms with Crippen LogP contribution in [0.15, 0.2) is 36.4 Å². The van der Waals surface area contributed by atoms with Crippen molar-refractivity contribution in [2.45, 2.75) is 52.1 Å². The van der Waals surface area contributed by atoms with E-state index < -0.39 is 0 Å². The first kappa shape index (κ1) is 14.8. The molecule has 0 saturated carbocycles. The molecule has 0 heterocycles. The molecule has 0 spiro atoms. The van der Waals surface area contributed by atoms with Crippen LogP contribution in [-0.2, 0) is 22.4 Å². The topological polar surface area (TPSA) is 26.3 Å². The molecule has 1 aliphatic carbocycles. The van der Waals surface area contributed by atoms with Crippen LogP contribution in [0.5, 0.6) is 0 Å². The average molecular weight is 272 g/mol. The Morgan fingerprint density at radius 1 is 1.25 bits per heavy atom. The van der Waals surface area contributed by atoms with Gasteiger partial charge in [-0.3, -0.25) is 0 Å². The molecule has 0 aliphatic heterocycles. The van der Waals surface area contributed by atoms with E-state index in [9.17, 15) is 4.79 Å². The van der Waals surface area contributed by atoms with Crippen LogP contribution in [0.2, 0.25) is 0 Å². The van der Waals surface area contributed by atoms with Crippen molar-refractivity contribution >= 4 is 5.97 Å². The standard InChI is InChI=1S/C18H24O2/c1-5-18(6-2,20-17(19)13(3)4)16-11-14-9-7-8-10-15(14)12-16/h7-10,16H,3,5-6,11-12H2,1-2,4H3. The van der Waals surface area contributed by atoms with E-state index in [0.29, 0.717) is 11.5 Å². The highest BCUT2D eigenvalue weighted by molar-refractivity contribution is 5.87. The molecule has 108 valence electrons. The molecular weight excluding hydrogens is 248 g/mol. The first-order valence-electron chi connectivity index (χ1n) is 7.48. The monoisotopic (exact) mass is 272 g/mol. The Labute approximate surface area is 121 Å². The van der Waals surface area contributed by atoms with E-state index >= 15 is 0 Å². The zero-order valence-electron chi connectivity index (χ0n) is 12.7. The molecule has 1 aromatic rings.